The smallest absolute Gasteiger partial charge is 0.338 e. The second-order valence-electron chi connectivity index (χ2n) is 14.3. The van der Waals surface area contributed by atoms with Crippen molar-refractivity contribution in [2.75, 3.05) is 33.4 Å². The fourth-order valence-electron chi connectivity index (χ4n) is 6.62. The predicted octanol–water partition coefficient (Wildman–Crippen LogP) is 6.27. The highest BCUT2D eigenvalue weighted by molar-refractivity contribution is 5.94. The Labute approximate surface area is 291 Å². The van der Waals surface area contributed by atoms with Crippen LogP contribution in [0, 0.1) is 5.82 Å². The zero-order valence-electron chi connectivity index (χ0n) is 29.2. The van der Waals surface area contributed by atoms with Crippen molar-refractivity contribution in [3.8, 4) is 5.88 Å². The van der Waals surface area contributed by atoms with Gasteiger partial charge in [0, 0.05) is 48.5 Å². The van der Waals surface area contributed by atoms with Gasteiger partial charge in [0.15, 0.2) is 0 Å². The van der Waals surface area contributed by atoms with E-state index in [0.29, 0.717) is 48.8 Å². The molecule has 264 valence electrons. The number of hydrogen-bond acceptors (Lipinski definition) is 9. The summed E-state index contributed by atoms with van der Waals surface area (Å²) in [5, 5.41) is 5.28. The van der Waals surface area contributed by atoms with Gasteiger partial charge in [-0.25, -0.2) is 19.2 Å². The van der Waals surface area contributed by atoms with Gasteiger partial charge in [-0.1, -0.05) is 6.07 Å². The van der Waals surface area contributed by atoms with E-state index in [2.05, 4.69) is 14.6 Å². The largest absolute Gasteiger partial charge is 0.473 e. The Balaban J connectivity index is 0.991. The maximum absolute atomic E-state index is 14.9. The molecule has 0 bridgehead atoms. The van der Waals surface area contributed by atoms with Gasteiger partial charge in [0.25, 0.3) is 0 Å². The van der Waals surface area contributed by atoms with Gasteiger partial charge in [0.2, 0.25) is 5.88 Å². The first-order chi connectivity index (χ1) is 24.1. The molecule has 0 amide bonds. The Kier molecular flexibility index (Phi) is 9.85. The summed E-state index contributed by atoms with van der Waals surface area (Å²) in [5.74, 6) is 1.07. The second-order valence-corrected chi connectivity index (χ2v) is 14.3. The number of esters is 1. The van der Waals surface area contributed by atoms with Crippen molar-refractivity contribution in [1.29, 1.82) is 0 Å². The number of aromatic nitrogens is 5. The van der Waals surface area contributed by atoms with Crippen molar-refractivity contribution in [2.45, 2.75) is 83.9 Å². The Morgan fingerprint density at radius 1 is 1.04 bits per heavy atom. The molecule has 0 N–H and O–H groups in total. The standard InChI is InChI=1S/C38H45FN6O5/c1-38(2,3)50-37(46)26-8-9-32-34(20-26)45(22-29-12-16-48-29)35(40-32)23-43-13-10-25(11-14-43)31-6-5-7-36(41-31)49-24-28-19-33-27(18-30(28)39)21-44(42-33)15-17-47-4/h5-9,18-21,25,29H,10-17,22-24H2,1-4H3. The third-order valence-corrected chi connectivity index (χ3v) is 9.38. The van der Waals surface area contributed by atoms with Crippen LogP contribution in [0.4, 0.5) is 4.39 Å². The van der Waals surface area contributed by atoms with Gasteiger partial charge in [-0.15, -0.1) is 0 Å². The minimum Gasteiger partial charge on any atom is -0.473 e. The minimum atomic E-state index is -0.571. The van der Waals surface area contributed by atoms with E-state index in [1.54, 1.807) is 23.9 Å². The van der Waals surface area contributed by atoms with E-state index in [1.165, 1.54) is 6.07 Å². The summed E-state index contributed by atoms with van der Waals surface area (Å²) in [6, 6.07) is 14.7. The summed E-state index contributed by atoms with van der Waals surface area (Å²) < 4.78 is 41.5. The summed E-state index contributed by atoms with van der Waals surface area (Å²) in [4.78, 5) is 25.1. The quantitative estimate of drug-likeness (QED) is 0.141. The van der Waals surface area contributed by atoms with Crippen LogP contribution in [-0.4, -0.2) is 80.3 Å². The molecule has 2 fully saturated rings. The maximum atomic E-state index is 14.9. The number of halogens is 1. The van der Waals surface area contributed by atoms with Crippen molar-refractivity contribution in [2.24, 2.45) is 0 Å². The highest BCUT2D eigenvalue weighted by atomic mass is 19.1. The zero-order chi connectivity index (χ0) is 34.8. The lowest BCUT2D eigenvalue weighted by Gasteiger charge is -2.32. The lowest BCUT2D eigenvalue weighted by atomic mass is 9.93. The van der Waals surface area contributed by atoms with Crippen LogP contribution in [0.2, 0.25) is 0 Å². The molecule has 11 nitrogen and oxygen atoms in total. The van der Waals surface area contributed by atoms with Crippen LogP contribution in [0.25, 0.3) is 21.9 Å². The molecular formula is C38H45FN6O5. The van der Waals surface area contributed by atoms with E-state index < -0.39 is 5.60 Å². The van der Waals surface area contributed by atoms with Crippen LogP contribution in [0.5, 0.6) is 5.88 Å². The van der Waals surface area contributed by atoms with Crippen LogP contribution >= 0.6 is 0 Å². The number of pyridine rings is 1. The zero-order valence-corrected chi connectivity index (χ0v) is 29.2. The Morgan fingerprint density at radius 2 is 1.86 bits per heavy atom. The second kappa shape index (κ2) is 14.5. The third-order valence-electron chi connectivity index (χ3n) is 9.38. The van der Waals surface area contributed by atoms with Crippen molar-refractivity contribution in [3.05, 3.63) is 83.2 Å². The van der Waals surface area contributed by atoms with E-state index in [-0.39, 0.29) is 30.4 Å². The summed E-state index contributed by atoms with van der Waals surface area (Å²) in [6.45, 7) is 10.8. The van der Waals surface area contributed by atoms with Crippen molar-refractivity contribution < 1.29 is 28.1 Å². The van der Waals surface area contributed by atoms with Crippen LogP contribution < -0.4 is 4.74 Å². The molecule has 2 aliphatic heterocycles. The fourth-order valence-corrected chi connectivity index (χ4v) is 6.62. The maximum Gasteiger partial charge on any atom is 0.338 e. The average Bonchev–Trinajstić information content (AvgIpc) is 3.63. The molecular weight excluding hydrogens is 639 g/mol. The summed E-state index contributed by atoms with van der Waals surface area (Å²) in [7, 11) is 1.64. The van der Waals surface area contributed by atoms with E-state index in [1.807, 2.05) is 57.3 Å². The highest BCUT2D eigenvalue weighted by Gasteiger charge is 2.27. The highest BCUT2D eigenvalue weighted by Crippen LogP contribution is 2.30. The van der Waals surface area contributed by atoms with Gasteiger partial charge in [-0.3, -0.25) is 9.58 Å². The van der Waals surface area contributed by atoms with Crippen LogP contribution in [0.3, 0.4) is 0 Å². The molecule has 12 heteroatoms. The number of hydrogen-bond donors (Lipinski definition) is 0. The third kappa shape index (κ3) is 7.82. The molecule has 3 aromatic heterocycles. The summed E-state index contributed by atoms with van der Waals surface area (Å²) in [5.41, 5.74) is 3.87. The van der Waals surface area contributed by atoms with Crippen LogP contribution in [-0.2, 0) is 40.5 Å². The Morgan fingerprint density at radius 3 is 2.60 bits per heavy atom. The first-order valence-electron chi connectivity index (χ1n) is 17.4. The molecule has 2 saturated heterocycles. The number of carbonyl (C=O) groups is 1. The van der Waals surface area contributed by atoms with E-state index in [0.717, 1.165) is 66.9 Å². The molecule has 1 unspecified atom stereocenters. The average molecular weight is 685 g/mol. The molecule has 0 radical (unpaired) electrons. The van der Waals surface area contributed by atoms with E-state index in [9.17, 15) is 9.18 Å². The number of imidazole rings is 1. The molecule has 1 atom stereocenters. The van der Waals surface area contributed by atoms with E-state index in [4.69, 9.17) is 28.9 Å². The lowest BCUT2D eigenvalue weighted by molar-refractivity contribution is -0.0592. The number of likely N-dealkylation sites (tertiary alicyclic amines) is 1. The van der Waals surface area contributed by atoms with Crippen molar-refractivity contribution in [3.63, 3.8) is 0 Å². The minimum absolute atomic E-state index is 0.0633. The normalized spacial score (nSPS) is 17.3. The molecule has 0 spiro atoms. The lowest BCUT2D eigenvalue weighted by Crippen LogP contribution is -2.35. The molecule has 7 rings (SSSR count). The van der Waals surface area contributed by atoms with Gasteiger partial charge in [-0.05, 0) is 89.5 Å². The van der Waals surface area contributed by atoms with Gasteiger partial charge in [-0.2, -0.15) is 5.10 Å². The number of rotatable bonds is 12. The van der Waals surface area contributed by atoms with Crippen molar-refractivity contribution in [1.82, 2.24) is 29.2 Å². The Hall–Kier alpha value is -4.39. The van der Waals surface area contributed by atoms with Gasteiger partial charge >= 0.3 is 5.97 Å². The number of methoxy groups -OCH3 is 1. The van der Waals surface area contributed by atoms with Crippen molar-refractivity contribution >= 4 is 27.9 Å². The molecule has 5 heterocycles. The number of fused-ring (bicyclic) bond motifs is 2. The SMILES string of the molecule is COCCn1cc2cc(F)c(COc3cccc(C4CCN(Cc5nc6ccc(C(=O)OC(C)(C)C)cc6n5CC5CCO5)CC4)n3)cc2n1. The molecule has 2 aliphatic rings. The first kappa shape index (κ1) is 34.1. The number of benzene rings is 2. The number of carbonyl (C=O) groups excluding carboxylic acids is 1. The van der Waals surface area contributed by atoms with Gasteiger partial charge in [0.1, 0.15) is 23.8 Å². The predicted molar refractivity (Wildman–Crippen MR) is 187 cm³/mol. The number of ether oxygens (including phenoxy) is 4. The topological polar surface area (TPSA) is 106 Å². The molecule has 2 aromatic carbocycles. The monoisotopic (exact) mass is 684 g/mol. The summed E-state index contributed by atoms with van der Waals surface area (Å²) >= 11 is 0. The van der Waals surface area contributed by atoms with Gasteiger partial charge in [0.05, 0.1) is 54.5 Å². The fraction of sp³-hybridized carbons (Fsp3) is 0.474. The molecule has 50 heavy (non-hydrogen) atoms. The van der Waals surface area contributed by atoms with Crippen LogP contribution in [0.1, 0.15) is 73.4 Å². The molecule has 5 aromatic rings. The number of piperidine rings is 1. The molecule has 0 saturated carbocycles. The molecule has 0 aliphatic carbocycles. The van der Waals surface area contributed by atoms with Crippen LogP contribution in [0.15, 0.2) is 54.7 Å². The summed E-state index contributed by atoms with van der Waals surface area (Å²) in [6.07, 6.45) is 4.87. The van der Waals surface area contributed by atoms with Gasteiger partial charge < -0.3 is 23.5 Å². The Bertz CT molecular complexity index is 1970. The number of nitrogens with zero attached hydrogens (tertiary/aromatic N) is 6. The first-order valence-corrected chi connectivity index (χ1v) is 17.4. The van der Waals surface area contributed by atoms with E-state index >= 15 is 0 Å².